The zero-order valence-corrected chi connectivity index (χ0v) is 25.2. The highest BCUT2D eigenvalue weighted by atomic mass is 16.7. The highest BCUT2D eigenvalue weighted by Crippen LogP contribution is 2.70. The van der Waals surface area contributed by atoms with Crippen molar-refractivity contribution in [1.29, 1.82) is 0 Å². The summed E-state index contributed by atoms with van der Waals surface area (Å²) in [6.45, 7) is 8.06. The second-order valence-electron chi connectivity index (χ2n) is 14.3. The smallest absolute Gasteiger partial charge is 0.331 e. The predicted molar refractivity (Wildman–Crippen MR) is 147 cm³/mol. The van der Waals surface area contributed by atoms with Crippen LogP contribution in [0.25, 0.3) is 0 Å². The van der Waals surface area contributed by atoms with Crippen LogP contribution in [0.4, 0.5) is 0 Å². The monoisotopic (exact) mass is 576 g/mol. The lowest BCUT2D eigenvalue weighted by atomic mass is 9.43. The minimum absolute atomic E-state index is 0.0898. The molecule has 0 radical (unpaired) electrons. The summed E-state index contributed by atoms with van der Waals surface area (Å²) in [7, 11) is 1.62. The van der Waals surface area contributed by atoms with Gasteiger partial charge in [0, 0.05) is 44.3 Å². The Hall–Kier alpha value is -1.52. The van der Waals surface area contributed by atoms with E-state index in [4.69, 9.17) is 23.7 Å². The van der Waals surface area contributed by atoms with Crippen molar-refractivity contribution in [1.82, 2.24) is 0 Å². The molecule has 230 valence electrons. The third-order valence-corrected chi connectivity index (χ3v) is 12.5. The number of hydrogen-bond acceptors (Lipinski definition) is 9. The van der Waals surface area contributed by atoms with Gasteiger partial charge in [0.05, 0.1) is 23.9 Å². The number of cyclic esters (lactones) is 1. The van der Waals surface area contributed by atoms with Gasteiger partial charge in [-0.2, -0.15) is 0 Å². The number of carbonyl (C=O) groups excluding carboxylic acids is 2. The molecule has 41 heavy (non-hydrogen) atoms. The summed E-state index contributed by atoms with van der Waals surface area (Å²) < 4.78 is 29.1. The Morgan fingerprint density at radius 1 is 1.07 bits per heavy atom. The molecule has 1 saturated heterocycles. The first-order valence-electron chi connectivity index (χ1n) is 15.7. The number of aliphatic hydroxyl groups is 2. The summed E-state index contributed by atoms with van der Waals surface area (Å²) in [5.74, 6) is 0.0175. The molecule has 6 rings (SSSR count). The Kier molecular flexibility index (Phi) is 7.62. The van der Waals surface area contributed by atoms with Crippen LogP contribution in [0.3, 0.4) is 0 Å². The van der Waals surface area contributed by atoms with Gasteiger partial charge in [0.1, 0.15) is 18.8 Å². The van der Waals surface area contributed by atoms with Crippen LogP contribution in [0.15, 0.2) is 11.6 Å². The SMILES string of the molecule is CO[C@H]1C[C@H](O[C@H]2CC[C@@]3(C)[C@H](CCC4[C@@H]3CC[C@]3(C)C(C5=CC(=O)OC5)[C@@H](OC(C)=O)C[C@]43O)C2)O[C@@H](C)[C@@H]1O. The second-order valence-corrected chi connectivity index (χ2v) is 14.3. The molecule has 0 aromatic heterocycles. The van der Waals surface area contributed by atoms with Gasteiger partial charge >= 0.3 is 11.9 Å². The van der Waals surface area contributed by atoms with E-state index < -0.39 is 23.2 Å². The molecule has 9 heteroatoms. The fraction of sp³-hybridized carbons (Fsp3) is 0.875. The quantitative estimate of drug-likeness (QED) is 0.373. The molecule has 0 bridgehead atoms. The molecule has 4 saturated carbocycles. The molecule has 0 aromatic carbocycles. The van der Waals surface area contributed by atoms with Crippen LogP contribution in [-0.2, 0) is 33.3 Å². The fourth-order valence-electron chi connectivity index (χ4n) is 10.4. The number of aliphatic hydroxyl groups excluding tert-OH is 1. The third-order valence-electron chi connectivity index (χ3n) is 12.5. The van der Waals surface area contributed by atoms with E-state index >= 15 is 0 Å². The molecule has 5 fully saturated rings. The lowest BCUT2D eigenvalue weighted by Crippen LogP contribution is -2.62. The minimum Gasteiger partial charge on any atom is -0.462 e. The van der Waals surface area contributed by atoms with E-state index in [2.05, 4.69) is 13.8 Å². The van der Waals surface area contributed by atoms with E-state index in [0.29, 0.717) is 24.7 Å². The minimum atomic E-state index is -0.990. The largest absolute Gasteiger partial charge is 0.462 e. The summed E-state index contributed by atoms with van der Waals surface area (Å²) in [6.07, 6.45) is 7.14. The zero-order chi connectivity index (χ0) is 29.3. The Labute approximate surface area is 243 Å². The highest BCUT2D eigenvalue weighted by Gasteiger charge is 2.71. The number of esters is 2. The van der Waals surface area contributed by atoms with Crippen LogP contribution in [0.1, 0.15) is 85.5 Å². The van der Waals surface area contributed by atoms with Crippen LogP contribution in [0.5, 0.6) is 0 Å². The van der Waals surface area contributed by atoms with Crippen molar-refractivity contribution in [3.63, 3.8) is 0 Å². The number of ether oxygens (including phenoxy) is 5. The van der Waals surface area contributed by atoms with Crippen molar-refractivity contribution in [2.45, 2.75) is 128 Å². The van der Waals surface area contributed by atoms with E-state index in [-0.39, 0.29) is 60.4 Å². The summed E-state index contributed by atoms with van der Waals surface area (Å²) in [6, 6.07) is 0. The lowest BCUT2D eigenvalue weighted by molar-refractivity contribution is -0.273. The molecule has 13 atom stereocenters. The molecule has 2 heterocycles. The summed E-state index contributed by atoms with van der Waals surface area (Å²) in [5, 5.41) is 23.0. The number of hydrogen-bond donors (Lipinski definition) is 2. The molecular formula is C32H48O9. The maximum atomic E-state index is 12.7. The van der Waals surface area contributed by atoms with Crippen molar-refractivity contribution < 1.29 is 43.5 Å². The first-order chi connectivity index (χ1) is 19.4. The van der Waals surface area contributed by atoms with Crippen molar-refractivity contribution in [2.24, 2.45) is 34.5 Å². The van der Waals surface area contributed by atoms with E-state index in [0.717, 1.165) is 50.5 Å². The first-order valence-corrected chi connectivity index (χ1v) is 15.7. The number of methoxy groups -OCH3 is 1. The van der Waals surface area contributed by atoms with Gasteiger partial charge in [-0.1, -0.05) is 13.8 Å². The van der Waals surface area contributed by atoms with Crippen molar-refractivity contribution in [3.05, 3.63) is 11.6 Å². The highest BCUT2D eigenvalue weighted by molar-refractivity contribution is 5.85. The van der Waals surface area contributed by atoms with Gasteiger partial charge in [-0.3, -0.25) is 4.79 Å². The van der Waals surface area contributed by atoms with E-state index in [9.17, 15) is 19.8 Å². The molecular weight excluding hydrogens is 528 g/mol. The number of fused-ring (bicyclic) bond motifs is 5. The van der Waals surface area contributed by atoms with Gasteiger partial charge < -0.3 is 33.9 Å². The van der Waals surface area contributed by atoms with E-state index in [1.165, 1.54) is 6.92 Å². The maximum Gasteiger partial charge on any atom is 0.331 e. The van der Waals surface area contributed by atoms with Crippen molar-refractivity contribution >= 4 is 11.9 Å². The first kappa shape index (κ1) is 29.5. The van der Waals surface area contributed by atoms with Gasteiger partial charge in [0.2, 0.25) is 0 Å². The van der Waals surface area contributed by atoms with Gasteiger partial charge in [0.15, 0.2) is 6.29 Å². The fourth-order valence-corrected chi connectivity index (χ4v) is 10.4. The van der Waals surface area contributed by atoms with E-state index in [1.54, 1.807) is 13.2 Å². The number of rotatable bonds is 5. The standard InChI is InChI=1S/C32H48O9/c1-17-29(35)24(37-5)14-27(39-17)41-21-8-10-30(3)20(13-21)6-7-23-22(30)9-11-31(4)28(19-12-26(34)38-16-19)25(40-18(2)33)15-32(23,31)36/h12,17,20-25,27-29,35-36H,6-11,13-16H2,1-5H3/t17-,20+,21-,22-,23?,24-,25-,27-,28?,29-,30-,31+,32-/m0/s1. The van der Waals surface area contributed by atoms with Crippen LogP contribution in [0, 0.1) is 34.5 Å². The summed E-state index contributed by atoms with van der Waals surface area (Å²) in [5.41, 5.74) is -0.559. The van der Waals surface area contributed by atoms with Gasteiger partial charge in [-0.05, 0) is 80.6 Å². The molecule has 4 aliphatic carbocycles. The molecule has 6 aliphatic rings. The van der Waals surface area contributed by atoms with Gasteiger partial charge in [-0.15, -0.1) is 0 Å². The lowest BCUT2D eigenvalue weighted by Gasteiger charge is -2.63. The van der Waals surface area contributed by atoms with Crippen molar-refractivity contribution in [3.8, 4) is 0 Å². The average Bonchev–Trinajstić information content (AvgIpc) is 3.42. The van der Waals surface area contributed by atoms with Gasteiger partial charge in [0.25, 0.3) is 0 Å². The zero-order valence-electron chi connectivity index (χ0n) is 25.2. The maximum absolute atomic E-state index is 12.7. The number of carbonyl (C=O) groups is 2. The normalized spacial score (nSPS) is 51.2. The molecule has 2 aliphatic heterocycles. The predicted octanol–water partition coefficient (Wildman–Crippen LogP) is 3.68. The summed E-state index contributed by atoms with van der Waals surface area (Å²) >= 11 is 0. The second kappa shape index (κ2) is 10.6. The van der Waals surface area contributed by atoms with Crippen molar-refractivity contribution in [2.75, 3.05) is 13.7 Å². The average molecular weight is 577 g/mol. The van der Waals surface area contributed by atoms with Crippen LogP contribution >= 0.6 is 0 Å². The Morgan fingerprint density at radius 3 is 2.54 bits per heavy atom. The Balaban J connectivity index is 1.19. The molecule has 0 amide bonds. The van der Waals surface area contributed by atoms with Crippen LogP contribution in [-0.4, -0.2) is 78.3 Å². The van der Waals surface area contributed by atoms with Crippen LogP contribution in [0.2, 0.25) is 0 Å². The third kappa shape index (κ3) is 4.69. The molecule has 9 nitrogen and oxygen atoms in total. The molecule has 0 spiro atoms. The topological polar surface area (TPSA) is 121 Å². The Bertz CT molecular complexity index is 1080. The Morgan fingerprint density at radius 2 is 1.85 bits per heavy atom. The molecule has 0 aromatic rings. The van der Waals surface area contributed by atoms with Gasteiger partial charge in [-0.25, -0.2) is 4.79 Å². The van der Waals surface area contributed by atoms with Crippen LogP contribution < -0.4 is 0 Å². The molecule has 2 N–H and O–H groups in total. The summed E-state index contributed by atoms with van der Waals surface area (Å²) in [4.78, 5) is 24.2. The molecule has 2 unspecified atom stereocenters. The van der Waals surface area contributed by atoms with E-state index in [1.807, 2.05) is 6.92 Å².